The fraction of sp³-hybridized carbons (Fsp3) is 0.200. The highest BCUT2D eigenvalue weighted by molar-refractivity contribution is 7.91. The second kappa shape index (κ2) is 6.25. The fourth-order valence-electron chi connectivity index (χ4n) is 2.49. The van der Waals surface area contributed by atoms with Crippen molar-refractivity contribution < 1.29 is 12.8 Å². The van der Waals surface area contributed by atoms with Crippen molar-refractivity contribution in [1.29, 1.82) is 0 Å². The quantitative estimate of drug-likeness (QED) is 0.669. The first kappa shape index (κ1) is 17.6. The topological polar surface area (TPSA) is 102 Å². The zero-order valence-electron chi connectivity index (χ0n) is 13.4. The maximum atomic E-state index is 13.4. The van der Waals surface area contributed by atoms with E-state index < -0.39 is 15.7 Å². The highest BCUT2D eigenvalue weighted by Gasteiger charge is 2.29. The minimum atomic E-state index is -4.05. The number of sulfone groups is 1. The molecular weight excluding hydrogens is 369 g/mol. The van der Waals surface area contributed by atoms with Crippen molar-refractivity contribution in [3.63, 3.8) is 0 Å². The first-order valence-electron chi connectivity index (χ1n) is 7.26. The van der Waals surface area contributed by atoms with Crippen molar-refractivity contribution in [3.05, 3.63) is 46.5 Å². The van der Waals surface area contributed by atoms with E-state index in [0.29, 0.717) is 11.4 Å². The summed E-state index contributed by atoms with van der Waals surface area (Å²) in [6.07, 6.45) is 0. The summed E-state index contributed by atoms with van der Waals surface area (Å²) < 4.78 is 41.1. The maximum absolute atomic E-state index is 13.4. The Hall–Kier alpha value is -2.23. The molecule has 0 saturated carbocycles. The Morgan fingerprint density at radius 2 is 2.08 bits per heavy atom. The zero-order valence-corrected chi connectivity index (χ0v) is 15.0. The third kappa shape index (κ3) is 2.84. The Balaban J connectivity index is 2.36. The predicted octanol–water partition coefficient (Wildman–Crippen LogP) is 2.16. The Morgan fingerprint density at radius 1 is 1.36 bits per heavy atom. The smallest absolute Gasteiger partial charge is 0.214 e. The molecule has 3 rings (SSSR count). The van der Waals surface area contributed by atoms with Gasteiger partial charge in [-0.05, 0) is 31.2 Å². The van der Waals surface area contributed by atoms with Crippen LogP contribution in [0, 0.1) is 12.7 Å². The van der Waals surface area contributed by atoms with Crippen LogP contribution in [0.15, 0.2) is 34.1 Å². The summed E-state index contributed by atoms with van der Waals surface area (Å²) in [6, 6.07) is 4.95. The second-order valence-corrected chi connectivity index (χ2v) is 7.63. The van der Waals surface area contributed by atoms with Crippen LogP contribution in [0.1, 0.15) is 11.4 Å². The SMILES string of the molecule is CNc1nn2c(C)cc(CN)nc2c1S(=O)(=O)c1ccc(F)c(Cl)c1. The fourth-order valence-corrected chi connectivity index (χ4v) is 4.26. The standard InChI is InChI=1S/C15H15ClFN5O2S/c1-8-5-9(7-18)20-15-13(14(19-2)21-22(8)15)25(23,24)10-3-4-12(17)11(16)6-10/h3-6H,7,18H2,1-2H3,(H,19,21). The average Bonchev–Trinajstić information content (AvgIpc) is 2.96. The number of hydrogen-bond donors (Lipinski definition) is 2. The largest absolute Gasteiger partial charge is 0.370 e. The molecule has 132 valence electrons. The van der Waals surface area contributed by atoms with Gasteiger partial charge in [0.15, 0.2) is 16.4 Å². The van der Waals surface area contributed by atoms with Gasteiger partial charge in [-0.2, -0.15) is 0 Å². The Morgan fingerprint density at radius 3 is 2.68 bits per heavy atom. The molecule has 25 heavy (non-hydrogen) atoms. The molecule has 2 aromatic heterocycles. The Labute approximate surface area is 148 Å². The van der Waals surface area contributed by atoms with Gasteiger partial charge in [-0.1, -0.05) is 11.6 Å². The number of aromatic nitrogens is 3. The van der Waals surface area contributed by atoms with Crippen LogP contribution in [0.25, 0.3) is 5.65 Å². The number of aryl methyl sites for hydroxylation is 1. The lowest BCUT2D eigenvalue weighted by atomic mass is 10.3. The summed E-state index contributed by atoms with van der Waals surface area (Å²) in [4.78, 5) is 4.04. The van der Waals surface area contributed by atoms with Crippen molar-refractivity contribution in [2.45, 2.75) is 23.3 Å². The van der Waals surface area contributed by atoms with Gasteiger partial charge in [0, 0.05) is 19.3 Å². The summed E-state index contributed by atoms with van der Waals surface area (Å²) in [5.74, 6) is -0.570. The molecule has 0 aliphatic rings. The van der Waals surface area contributed by atoms with Gasteiger partial charge >= 0.3 is 0 Å². The number of fused-ring (bicyclic) bond motifs is 1. The van der Waals surface area contributed by atoms with E-state index in [4.69, 9.17) is 17.3 Å². The minimum Gasteiger partial charge on any atom is -0.370 e. The first-order valence-corrected chi connectivity index (χ1v) is 9.13. The Bertz CT molecular complexity index is 1080. The van der Waals surface area contributed by atoms with E-state index in [2.05, 4.69) is 15.4 Å². The van der Waals surface area contributed by atoms with E-state index in [9.17, 15) is 12.8 Å². The molecule has 0 radical (unpaired) electrons. The molecule has 0 fully saturated rings. The number of hydrogen-bond acceptors (Lipinski definition) is 6. The summed E-state index contributed by atoms with van der Waals surface area (Å²) in [7, 11) is -2.49. The van der Waals surface area contributed by atoms with E-state index in [1.54, 1.807) is 20.0 Å². The van der Waals surface area contributed by atoms with E-state index >= 15 is 0 Å². The van der Waals surface area contributed by atoms with Crippen LogP contribution in [-0.2, 0) is 16.4 Å². The third-order valence-electron chi connectivity index (χ3n) is 3.69. The van der Waals surface area contributed by atoms with E-state index in [0.717, 1.165) is 18.2 Å². The van der Waals surface area contributed by atoms with Crippen molar-refractivity contribution in [2.75, 3.05) is 12.4 Å². The number of rotatable bonds is 4. The van der Waals surface area contributed by atoms with Crippen LogP contribution in [0.5, 0.6) is 0 Å². The van der Waals surface area contributed by atoms with Crippen molar-refractivity contribution in [3.8, 4) is 0 Å². The van der Waals surface area contributed by atoms with Crippen molar-refractivity contribution in [1.82, 2.24) is 14.6 Å². The van der Waals surface area contributed by atoms with Gasteiger partial charge in [0.1, 0.15) is 5.82 Å². The minimum absolute atomic E-state index is 0.115. The summed E-state index contributed by atoms with van der Waals surface area (Å²) in [5, 5.41) is 6.73. The number of benzene rings is 1. The first-order chi connectivity index (χ1) is 11.8. The molecule has 3 N–H and O–H groups in total. The summed E-state index contributed by atoms with van der Waals surface area (Å²) in [6.45, 7) is 1.92. The van der Waals surface area contributed by atoms with Crippen LogP contribution in [0.2, 0.25) is 5.02 Å². The molecule has 0 bridgehead atoms. The summed E-state index contributed by atoms with van der Waals surface area (Å²) in [5.41, 5.74) is 6.99. The molecular formula is C15H15ClFN5O2S. The van der Waals surface area contributed by atoms with Gasteiger partial charge in [0.05, 0.1) is 15.6 Å². The van der Waals surface area contributed by atoms with Crippen molar-refractivity contribution >= 4 is 32.9 Å². The van der Waals surface area contributed by atoms with Gasteiger partial charge in [0.2, 0.25) is 9.84 Å². The van der Waals surface area contributed by atoms with Crippen molar-refractivity contribution in [2.24, 2.45) is 5.73 Å². The normalized spacial score (nSPS) is 11.9. The number of nitrogens with two attached hydrogens (primary N) is 1. The number of halogens is 2. The lowest BCUT2D eigenvalue weighted by Crippen LogP contribution is -2.08. The molecule has 7 nitrogen and oxygen atoms in total. The van der Waals surface area contributed by atoms with Crippen LogP contribution in [-0.4, -0.2) is 30.1 Å². The molecule has 10 heteroatoms. The average molecular weight is 384 g/mol. The third-order valence-corrected chi connectivity index (χ3v) is 5.77. The molecule has 0 amide bonds. The van der Waals surface area contributed by atoms with Crippen LogP contribution in [0.4, 0.5) is 10.2 Å². The van der Waals surface area contributed by atoms with Gasteiger partial charge in [0.25, 0.3) is 0 Å². The number of nitrogens with zero attached hydrogens (tertiary/aromatic N) is 3. The molecule has 1 aromatic carbocycles. The molecule has 0 atom stereocenters. The van der Waals surface area contributed by atoms with E-state index in [1.807, 2.05) is 0 Å². The number of nitrogens with one attached hydrogen (secondary N) is 1. The van der Waals surface area contributed by atoms with E-state index in [-0.39, 0.29) is 32.8 Å². The Kier molecular flexibility index (Phi) is 4.40. The molecule has 2 heterocycles. The second-order valence-electron chi connectivity index (χ2n) is 5.34. The van der Waals surface area contributed by atoms with E-state index in [1.165, 1.54) is 4.52 Å². The predicted molar refractivity (Wildman–Crippen MR) is 92.0 cm³/mol. The van der Waals surface area contributed by atoms with Gasteiger partial charge in [-0.3, -0.25) is 0 Å². The van der Waals surface area contributed by atoms with Gasteiger partial charge < -0.3 is 11.1 Å². The van der Waals surface area contributed by atoms with Crippen LogP contribution < -0.4 is 11.1 Å². The molecule has 0 unspecified atom stereocenters. The molecule has 0 spiro atoms. The highest BCUT2D eigenvalue weighted by atomic mass is 35.5. The lowest BCUT2D eigenvalue weighted by molar-refractivity contribution is 0.595. The number of anilines is 1. The van der Waals surface area contributed by atoms with Gasteiger partial charge in [-0.15, -0.1) is 5.10 Å². The molecule has 3 aromatic rings. The van der Waals surface area contributed by atoms with Crippen LogP contribution in [0.3, 0.4) is 0 Å². The zero-order chi connectivity index (χ0) is 18.4. The van der Waals surface area contributed by atoms with Crippen LogP contribution >= 0.6 is 11.6 Å². The summed E-state index contributed by atoms with van der Waals surface area (Å²) >= 11 is 5.74. The molecule has 0 aliphatic carbocycles. The molecule has 0 saturated heterocycles. The molecule has 0 aliphatic heterocycles. The van der Waals surface area contributed by atoms with Gasteiger partial charge in [-0.25, -0.2) is 22.3 Å². The lowest BCUT2D eigenvalue weighted by Gasteiger charge is -2.07. The highest BCUT2D eigenvalue weighted by Crippen LogP contribution is 2.32. The monoisotopic (exact) mass is 383 g/mol. The maximum Gasteiger partial charge on any atom is 0.214 e.